The molecular weight excluding hydrogens is 257 g/mol. The first-order chi connectivity index (χ1) is 8.29. The lowest BCUT2D eigenvalue weighted by molar-refractivity contribution is 0.250. The van der Waals surface area contributed by atoms with E-state index >= 15 is 0 Å². The number of halogens is 2. The van der Waals surface area contributed by atoms with Crippen molar-refractivity contribution in [3.05, 3.63) is 23.0 Å². The first-order valence-electron chi connectivity index (χ1n) is 5.61. The van der Waals surface area contributed by atoms with Crippen molar-refractivity contribution in [2.45, 2.75) is 26.3 Å². The van der Waals surface area contributed by atoms with Gasteiger partial charge in [-0.1, -0.05) is 25.4 Å². The molecule has 4 nitrogen and oxygen atoms in total. The Balaban J connectivity index is 2.01. The quantitative estimate of drug-likeness (QED) is 0.724. The van der Waals surface area contributed by atoms with E-state index in [1.54, 1.807) is 0 Å². The highest BCUT2D eigenvalue weighted by atomic mass is 35.5. The molecule has 2 rings (SSSR count). The number of nitrogen functional groups attached to an aromatic ring is 1. The zero-order valence-corrected chi connectivity index (χ0v) is 10.9. The topological polar surface area (TPSA) is 67.2 Å². The maximum Gasteiger partial charge on any atom is 0.319 e. The van der Waals surface area contributed by atoms with Crippen LogP contribution in [0.5, 0.6) is 0 Å². The van der Waals surface area contributed by atoms with Gasteiger partial charge in [0.15, 0.2) is 0 Å². The standard InChI is InChI=1S/C12H15ClFN3O/c1-12(2)5-10(12)17-11(18)16-9-4-8(15)6(13)3-7(9)14/h3-4,10H,5,15H2,1-2H3,(H2,16,17,18). The van der Waals surface area contributed by atoms with E-state index < -0.39 is 11.8 Å². The summed E-state index contributed by atoms with van der Waals surface area (Å²) in [4.78, 5) is 11.6. The molecule has 1 atom stereocenters. The van der Waals surface area contributed by atoms with Crippen LogP contribution >= 0.6 is 11.6 Å². The summed E-state index contributed by atoms with van der Waals surface area (Å²) in [7, 11) is 0. The van der Waals surface area contributed by atoms with Gasteiger partial charge in [0.25, 0.3) is 0 Å². The Labute approximate surface area is 110 Å². The summed E-state index contributed by atoms with van der Waals surface area (Å²) in [6.45, 7) is 4.11. The fourth-order valence-corrected chi connectivity index (χ4v) is 1.84. The van der Waals surface area contributed by atoms with Gasteiger partial charge in [0.1, 0.15) is 5.82 Å². The predicted molar refractivity (Wildman–Crippen MR) is 70.2 cm³/mol. The summed E-state index contributed by atoms with van der Waals surface area (Å²) in [5.41, 5.74) is 5.92. The molecule has 4 N–H and O–H groups in total. The molecule has 0 radical (unpaired) electrons. The number of carbonyl (C=O) groups is 1. The smallest absolute Gasteiger partial charge is 0.319 e. The second kappa shape index (κ2) is 4.31. The molecule has 1 saturated carbocycles. The van der Waals surface area contributed by atoms with E-state index in [9.17, 15) is 9.18 Å². The maximum absolute atomic E-state index is 13.5. The number of urea groups is 1. The van der Waals surface area contributed by atoms with E-state index in [0.29, 0.717) is 0 Å². The Hall–Kier alpha value is -1.49. The second-order valence-corrected chi connectivity index (χ2v) is 5.60. The summed E-state index contributed by atoms with van der Waals surface area (Å²) < 4.78 is 13.5. The Kier molecular flexibility index (Phi) is 3.11. The van der Waals surface area contributed by atoms with Gasteiger partial charge in [-0.3, -0.25) is 0 Å². The van der Waals surface area contributed by atoms with Gasteiger partial charge in [0.2, 0.25) is 0 Å². The van der Waals surface area contributed by atoms with Crippen molar-refractivity contribution in [1.82, 2.24) is 5.32 Å². The number of benzene rings is 1. The minimum absolute atomic E-state index is 0.0212. The van der Waals surface area contributed by atoms with Gasteiger partial charge in [0.05, 0.1) is 16.4 Å². The summed E-state index contributed by atoms with van der Waals surface area (Å²) in [6.07, 6.45) is 0.922. The molecular formula is C12H15ClFN3O. The van der Waals surface area contributed by atoms with Gasteiger partial charge in [-0.05, 0) is 24.0 Å². The Morgan fingerprint density at radius 2 is 2.17 bits per heavy atom. The lowest BCUT2D eigenvalue weighted by atomic mass is 10.2. The second-order valence-electron chi connectivity index (χ2n) is 5.20. The highest BCUT2D eigenvalue weighted by molar-refractivity contribution is 6.33. The third-order valence-corrected chi connectivity index (χ3v) is 3.48. The third-order valence-electron chi connectivity index (χ3n) is 3.15. The van der Waals surface area contributed by atoms with Crippen molar-refractivity contribution < 1.29 is 9.18 Å². The highest BCUT2D eigenvalue weighted by Crippen LogP contribution is 2.44. The highest BCUT2D eigenvalue weighted by Gasteiger charge is 2.46. The number of nitrogens with one attached hydrogen (secondary N) is 2. The number of carbonyl (C=O) groups excluding carboxylic acids is 1. The average Bonchev–Trinajstić information content (AvgIpc) is 2.82. The number of rotatable bonds is 2. The monoisotopic (exact) mass is 271 g/mol. The number of nitrogens with two attached hydrogens (primary N) is 1. The molecule has 18 heavy (non-hydrogen) atoms. The molecule has 0 aliphatic heterocycles. The van der Waals surface area contributed by atoms with Gasteiger partial charge in [-0.15, -0.1) is 0 Å². The van der Waals surface area contributed by atoms with E-state index in [1.165, 1.54) is 6.07 Å². The van der Waals surface area contributed by atoms with E-state index in [1.807, 2.05) is 0 Å². The Morgan fingerprint density at radius 3 is 2.72 bits per heavy atom. The molecule has 1 aromatic rings. The average molecular weight is 272 g/mol. The van der Waals surface area contributed by atoms with E-state index in [0.717, 1.165) is 12.5 Å². The van der Waals surface area contributed by atoms with Crippen LogP contribution in [0.25, 0.3) is 0 Å². The van der Waals surface area contributed by atoms with Crippen LogP contribution in [0.4, 0.5) is 20.6 Å². The van der Waals surface area contributed by atoms with E-state index in [2.05, 4.69) is 24.5 Å². The van der Waals surface area contributed by atoms with Crippen molar-refractivity contribution in [2.24, 2.45) is 5.41 Å². The lowest BCUT2D eigenvalue weighted by Crippen LogP contribution is -2.32. The molecule has 0 bridgehead atoms. The van der Waals surface area contributed by atoms with Crippen LogP contribution in [0.3, 0.4) is 0 Å². The number of amides is 2. The normalized spacial score (nSPS) is 20.3. The van der Waals surface area contributed by atoms with Crippen molar-refractivity contribution in [3.63, 3.8) is 0 Å². The molecule has 6 heteroatoms. The van der Waals surface area contributed by atoms with E-state index in [-0.39, 0.29) is 27.9 Å². The van der Waals surface area contributed by atoms with Crippen LogP contribution in [0, 0.1) is 11.2 Å². The fraction of sp³-hybridized carbons (Fsp3) is 0.417. The van der Waals surface area contributed by atoms with Crippen LogP contribution in [0.2, 0.25) is 5.02 Å². The van der Waals surface area contributed by atoms with Gasteiger partial charge in [0, 0.05) is 6.04 Å². The van der Waals surface area contributed by atoms with Gasteiger partial charge in [-0.2, -0.15) is 0 Å². The molecule has 0 heterocycles. The van der Waals surface area contributed by atoms with Crippen molar-refractivity contribution in [1.29, 1.82) is 0 Å². The third kappa shape index (κ3) is 2.67. The molecule has 0 spiro atoms. The Morgan fingerprint density at radius 1 is 1.56 bits per heavy atom. The van der Waals surface area contributed by atoms with Gasteiger partial charge < -0.3 is 16.4 Å². The SMILES string of the molecule is CC1(C)CC1NC(=O)Nc1cc(N)c(Cl)cc1F. The zero-order chi connectivity index (χ0) is 13.5. The molecule has 0 aromatic heterocycles. The number of hydrogen-bond donors (Lipinski definition) is 3. The predicted octanol–water partition coefficient (Wildman–Crippen LogP) is 2.98. The summed E-state index contributed by atoms with van der Waals surface area (Å²) in [5, 5.41) is 5.31. The molecule has 1 aromatic carbocycles. The minimum Gasteiger partial charge on any atom is -0.397 e. The summed E-state index contributed by atoms with van der Waals surface area (Å²) in [5.74, 6) is -0.612. The molecule has 0 saturated heterocycles. The van der Waals surface area contributed by atoms with Gasteiger partial charge >= 0.3 is 6.03 Å². The van der Waals surface area contributed by atoms with Gasteiger partial charge in [-0.25, -0.2) is 9.18 Å². The summed E-state index contributed by atoms with van der Waals surface area (Å²) >= 11 is 5.66. The van der Waals surface area contributed by atoms with Crippen LogP contribution in [0.15, 0.2) is 12.1 Å². The lowest BCUT2D eigenvalue weighted by Gasteiger charge is -2.10. The molecule has 1 aliphatic rings. The molecule has 2 amide bonds. The van der Waals surface area contributed by atoms with Crippen molar-refractivity contribution in [2.75, 3.05) is 11.1 Å². The molecule has 1 aliphatic carbocycles. The zero-order valence-electron chi connectivity index (χ0n) is 10.2. The van der Waals surface area contributed by atoms with E-state index in [4.69, 9.17) is 17.3 Å². The van der Waals surface area contributed by atoms with Crippen LogP contribution in [-0.4, -0.2) is 12.1 Å². The van der Waals surface area contributed by atoms with Crippen LogP contribution in [0.1, 0.15) is 20.3 Å². The van der Waals surface area contributed by atoms with Crippen LogP contribution < -0.4 is 16.4 Å². The fourth-order valence-electron chi connectivity index (χ4n) is 1.69. The minimum atomic E-state index is -0.612. The summed E-state index contributed by atoms with van der Waals surface area (Å²) in [6, 6.07) is 2.07. The van der Waals surface area contributed by atoms with Crippen LogP contribution in [-0.2, 0) is 0 Å². The molecule has 98 valence electrons. The van der Waals surface area contributed by atoms with Crippen molar-refractivity contribution >= 4 is 29.0 Å². The first kappa shape index (κ1) is 13.0. The Bertz CT molecular complexity index is 504. The van der Waals surface area contributed by atoms with Crippen molar-refractivity contribution in [3.8, 4) is 0 Å². The largest absolute Gasteiger partial charge is 0.397 e. The first-order valence-corrected chi connectivity index (χ1v) is 5.99. The molecule has 1 fully saturated rings. The molecule has 1 unspecified atom stereocenters. The maximum atomic E-state index is 13.5. The number of hydrogen-bond acceptors (Lipinski definition) is 2. The number of anilines is 2.